The summed E-state index contributed by atoms with van der Waals surface area (Å²) in [5, 5.41) is 8.96. The van der Waals surface area contributed by atoms with Crippen LogP contribution in [0.5, 0.6) is 0 Å². The van der Waals surface area contributed by atoms with Crippen molar-refractivity contribution in [2.75, 3.05) is 26.4 Å². The average Bonchev–Trinajstić information content (AvgIpc) is 2.68. The van der Waals surface area contributed by atoms with E-state index in [1.165, 1.54) is 11.8 Å². The fourth-order valence-corrected chi connectivity index (χ4v) is 3.82. The minimum absolute atomic E-state index is 0. The monoisotopic (exact) mass is 544 g/mol. The van der Waals surface area contributed by atoms with Crippen LogP contribution in [0.2, 0.25) is 0 Å². The van der Waals surface area contributed by atoms with Crippen molar-refractivity contribution in [3.63, 3.8) is 0 Å². The second-order valence-electron chi connectivity index (χ2n) is 6.74. The molecule has 0 atom stereocenters. The Labute approximate surface area is 195 Å². The van der Waals surface area contributed by atoms with Crippen LogP contribution in [0, 0.1) is 6.92 Å². The van der Waals surface area contributed by atoms with Crippen molar-refractivity contribution in [3.05, 3.63) is 65.2 Å². The molecule has 2 aromatic carbocycles. The van der Waals surface area contributed by atoms with Gasteiger partial charge in [0.2, 0.25) is 5.91 Å². The molecule has 0 aliphatic carbocycles. The number of aliphatic imine (C=N–C) groups is 1. The molecule has 9 heteroatoms. The number of aryl methyl sites for hydroxylation is 1. The Bertz CT molecular complexity index is 963. The SMILES string of the molecule is CN=C(NCC(=O)NCCc1ccccc1)NCc1ccc(S(C)(=O)=O)c(C)c1.I. The second kappa shape index (κ2) is 12.5. The summed E-state index contributed by atoms with van der Waals surface area (Å²) in [5.74, 6) is 0.380. The van der Waals surface area contributed by atoms with Crippen molar-refractivity contribution < 1.29 is 13.2 Å². The predicted molar refractivity (Wildman–Crippen MR) is 131 cm³/mol. The summed E-state index contributed by atoms with van der Waals surface area (Å²) in [5.41, 5.74) is 2.80. The Morgan fingerprint density at radius 1 is 1.00 bits per heavy atom. The van der Waals surface area contributed by atoms with Crippen molar-refractivity contribution in [1.82, 2.24) is 16.0 Å². The standard InChI is InChI=1S/C21H28N4O3S.HI/c1-16-13-18(9-10-19(16)29(3,27)28)14-24-21(22-2)25-15-20(26)23-12-11-17-7-5-4-6-8-17;/h4-10,13H,11-12,14-15H2,1-3H3,(H,23,26)(H2,22,24,25);1H. The van der Waals surface area contributed by atoms with Crippen LogP contribution in [0.3, 0.4) is 0 Å². The molecule has 0 saturated heterocycles. The summed E-state index contributed by atoms with van der Waals surface area (Å²) in [4.78, 5) is 16.4. The molecule has 2 rings (SSSR count). The molecule has 1 amide bonds. The fraction of sp³-hybridized carbons (Fsp3) is 0.333. The fourth-order valence-electron chi connectivity index (χ4n) is 2.86. The Morgan fingerprint density at radius 3 is 2.30 bits per heavy atom. The molecule has 7 nitrogen and oxygen atoms in total. The minimum atomic E-state index is -3.23. The number of amides is 1. The number of halogens is 1. The number of carbonyl (C=O) groups is 1. The number of hydrogen-bond donors (Lipinski definition) is 3. The van der Waals surface area contributed by atoms with Crippen LogP contribution >= 0.6 is 24.0 Å². The highest BCUT2D eigenvalue weighted by Gasteiger charge is 2.11. The molecule has 3 N–H and O–H groups in total. The first-order valence-electron chi connectivity index (χ1n) is 9.34. The average molecular weight is 544 g/mol. The van der Waals surface area contributed by atoms with E-state index in [0.29, 0.717) is 29.5 Å². The highest BCUT2D eigenvalue weighted by atomic mass is 127. The first-order chi connectivity index (χ1) is 13.8. The number of benzene rings is 2. The molecular weight excluding hydrogens is 515 g/mol. The second-order valence-corrected chi connectivity index (χ2v) is 8.72. The number of nitrogens with one attached hydrogen (secondary N) is 3. The van der Waals surface area contributed by atoms with E-state index in [2.05, 4.69) is 20.9 Å². The van der Waals surface area contributed by atoms with Crippen LogP contribution in [0.1, 0.15) is 16.7 Å². The molecule has 0 radical (unpaired) electrons. The number of rotatable bonds is 8. The Hall–Kier alpha value is -2.14. The first-order valence-corrected chi connectivity index (χ1v) is 11.2. The van der Waals surface area contributed by atoms with Gasteiger partial charge in [-0.2, -0.15) is 0 Å². The van der Waals surface area contributed by atoms with E-state index in [9.17, 15) is 13.2 Å². The number of sulfone groups is 1. The summed E-state index contributed by atoms with van der Waals surface area (Å²) in [6, 6.07) is 15.2. The molecular formula is C21H29IN4O3S. The predicted octanol–water partition coefficient (Wildman–Crippen LogP) is 2.04. The first kappa shape index (κ1) is 25.9. The molecule has 164 valence electrons. The van der Waals surface area contributed by atoms with Crippen molar-refractivity contribution in [3.8, 4) is 0 Å². The van der Waals surface area contributed by atoms with Crippen LogP contribution in [0.25, 0.3) is 0 Å². The number of nitrogens with zero attached hydrogens (tertiary/aromatic N) is 1. The Morgan fingerprint density at radius 2 is 1.70 bits per heavy atom. The van der Waals surface area contributed by atoms with Crippen molar-refractivity contribution in [2.45, 2.75) is 24.8 Å². The maximum atomic E-state index is 12.0. The van der Waals surface area contributed by atoms with Crippen molar-refractivity contribution >= 4 is 45.7 Å². The smallest absolute Gasteiger partial charge is 0.239 e. The number of carbonyl (C=O) groups excluding carboxylic acids is 1. The van der Waals surface area contributed by atoms with Gasteiger partial charge in [0.1, 0.15) is 0 Å². The molecule has 0 aliphatic heterocycles. The van der Waals surface area contributed by atoms with E-state index in [0.717, 1.165) is 12.0 Å². The maximum Gasteiger partial charge on any atom is 0.239 e. The summed E-state index contributed by atoms with van der Waals surface area (Å²) in [7, 11) is -1.61. The van der Waals surface area contributed by atoms with Gasteiger partial charge in [0.25, 0.3) is 0 Å². The normalized spacial score (nSPS) is 11.4. The molecule has 0 aliphatic rings. The van der Waals surface area contributed by atoms with Gasteiger partial charge in [-0.3, -0.25) is 9.79 Å². The van der Waals surface area contributed by atoms with Gasteiger partial charge in [-0.05, 0) is 36.1 Å². The van der Waals surface area contributed by atoms with Gasteiger partial charge in [0.15, 0.2) is 15.8 Å². The lowest BCUT2D eigenvalue weighted by atomic mass is 10.1. The van der Waals surface area contributed by atoms with E-state index in [1.807, 2.05) is 36.4 Å². The Balaban J connectivity index is 0.00000450. The lowest BCUT2D eigenvalue weighted by Crippen LogP contribution is -2.43. The highest BCUT2D eigenvalue weighted by molar-refractivity contribution is 14.0. The number of hydrogen-bond acceptors (Lipinski definition) is 4. The maximum absolute atomic E-state index is 12.0. The van der Waals surface area contributed by atoms with Gasteiger partial charge in [-0.1, -0.05) is 42.5 Å². The zero-order valence-electron chi connectivity index (χ0n) is 17.4. The third kappa shape index (κ3) is 8.70. The van der Waals surface area contributed by atoms with Crippen LogP contribution in [-0.2, 0) is 27.6 Å². The third-order valence-corrected chi connectivity index (χ3v) is 5.57. The lowest BCUT2D eigenvalue weighted by molar-refractivity contribution is -0.119. The van der Waals surface area contributed by atoms with Crippen LogP contribution < -0.4 is 16.0 Å². The zero-order valence-corrected chi connectivity index (χ0v) is 20.6. The van der Waals surface area contributed by atoms with E-state index < -0.39 is 9.84 Å². The third-order valence-electron chi connectivity index (χ3n) is 4.32. The van der Waals surface area contributed by atoms with Gasteiger partial charge in [0, 0.05) is 26.4 Å². The van der Waals surface area contributed by atoms with Gasteiger partial charge >= 0.3 is 0 Å². The molecule has 30 heavy (non-hydrogen) atoms. The van der Waals surface area contributed by atoms with Crippen LogP contribution in [-0.4, -0.2) is 46.7 Å². The number of guanidine groups is 1. The zero-order chi connectivity index (χ0) is 21.3. The van der Waals surface area contributed by atoms with Crippen molar-refractivity contribution in [1.29, 1.82) is 0 Å². The highest BCUT2D eigenvalue weighted by Crippen LogP contribution is 2.16. The molecule has 0 saturated carbocycles. The quantitative estimate of drug-likeness (QED) is 0.269. The summed E-state index contributed by atoms with van der Waals surface area (Å²) >= 11 is 0. The summed E-state index contributed by atoms with van der Waals surface area (Å²) < 4.78 is 23.4. The lowest BCUT2D eigenvalue weighted by Gasteiger charge is -2.13. The summed E-state index contributed by atoms with van der Waals surface area (Å²) in [6.45, 7) is 2.91. The topological polar surface area (TPSA) is 99.7 Å². The molecule has 0 bridgehead atoms. The molecule has 0 aromatic heterocycles. The molecule has 0 fully saturated rings. The minimum Gasteiger partial charge on any atom is -0.354 e. The van der Waals surface area contributed by atoms with E-state index >= 15 is 0 Å². The molecule has 0 heterocycles. The molecule has 0 unspecified atom stereocenters. The largest absolute Gasteiger partial charge is 0.354 e. The van der Waals surface area contributed by atoms with E-state index in [-0.39, 0.29) is 36.4 Å². The van der Waals surface area contributed by atoms with E-state index in [1.54, 1.807) is 26.1 Å². The van der Waals surface area contributed by atoms with Gasteiger partial charge in [0.05, 0.1) is 11.4 Å². The summed E-state index contributed by atoms with van der Waals surface area (Å²) in [6.07, 6.45) is 1.98. The van der Waals surface area contributed by atoms with Gasteiger partial charge in [-0.25, -0.2) is 8.42 Å². The van der Waals surface area contributed by atoms with Crippen LogP contribution in [0.4, 0.5) is 0 Å². The van der Waals surface area contributed by atoms with Crippen molar-refractivity contribution in [2.24, 2.45) is 4.99 Å². The van der Waals surface area contributed by atoms with Crippen LogP contribution in [0.15, 0.2) is 58.4 Å². The van der Waals surface area contributed by atoms with Gasteiger partial charge < -0.3 is 16.0 Å². The Kier molecular flexibility index (Phi) is 10.8. The van der Waals surface area contributed by atoms with Gasteiger partial charge in [-0.15, -0.1) is 24.0 Å². The van der Waals surface area contributed by atoms with E-state index in [4.69, 9.17) is 0 Å². The molecule has 2 aromatic rings. The molecule has 0 spiro atoms.